The molecule has 3 rings (SSSR count). The van der Waals surface area contributed by atoms with Crippen LogP contribution in [-0.2, 0) is 14.8 Å². The van der Waals surface area contributed by atoms with Crippen molar-refractivity contribution < 1.29 is 22.9 Å². The van der Waals surface area contributed by atoms with E-state index >= 15 is 0 Å². The van der Waals surface area contributed by atoms with Crippen LogP contribution in [-0.4, -0.2) is 60.1 Å². The van der Waals surface area contributed by atoms with E-state index in [1.165, 1.54) is 28.6 Å². The quantitative estimate of drug-likeness (QED) is 0.569. The maximum atomic E-state index is 12.6. The smallest absolute Gasteiger partial charge is 0.319 e. The molecule has 0 atom stereocenters. The van der Waals surface area contributed by atoms with E-state index in [4.69, 9.17) is 4.74 Å². The molecule has 0 saturated carbocycles. The summed E-state index contributed by atoms with van der Waals surface area (Å²) in [6.07, 6.45) is 0.925. The fraction of sp³-hybridized carbons (Fsp3) is 0.286. The van der Waals surface area contributed by atoms with E-state index in [0.29, 0.717) is 13.2 Å². The van der Waals surface area contributed by atoms with E-state index < -0.39 is 26.5 Å². The van der Waals surface area contributed by atoms with Gasteiger partial charge in [-0.15, -0.1) is 0 Å². The maximum Gasteiger partial charge on any atom is 0.319 e. The molecular formula is C14H15N5O6S. The molecule has 2 aromatic rings. The molecule has 0 unspecified atom stereocenters. The number of hydrogen-bond acceptors (Lipinski definition) is 7. The number of H-pyrrole nitrogens is 1. The molecule has 138 valence electrons. The lowest BCUT2D eigenvalue weighted by Gasteiger charge is -2.26. The summed E-state index contributed by atoms with van der Waals surface area (Å²) < 4.78 is 31.8. The van der Waals surface area contributed by atoms with Crippen molar-refractivity contribution in [3.05, 3.63) is 46.3 Å². The molecule has 1 aliphatic rings. The van der Waals surface area contributed by atoms with Crippen LogP contribution in [0.5, 0.6) is 0 Å². The number of nitrogens with zero attached hydrogens (tertiary/aromatic N) is 3. The summed E-state index contributed by atoms with van der Waals surface area (Å²) in [5, 5.41) is 19.0. The average molecular weight is 381 g/mol. The van der Waals surface area contributed by atoms with Crippen molar-refractivity contribution in [2.75, 3.05) is 31.6 Å². The van der Waals surface area contributed by atoms with Gasteiger partial charge in [-0.25, -0.2) is 8.42 Å². The van der Waals surface area contributed by atoms with Crippen LogP contribution in [0.4, 0.5) is 11.4 Å². The minimum absolute atomic E-state index is 0.0105. The number of sulfonamides is 1. The molecule has 1 aromatic carbocycles. The Balaban J connectivity index is 1.82. The highest BCUT2D eigenvalue weighted by Gasteiger charge is 2.27. The number of benzene rings is 1. The van der Waals surface area contributed by atoms with Crippen molar-refractivity contribution in [2.24, 2.45) is 0 Å². The number of aromatic amines is 1. The van der Waals surface area contributed by atoms with Gasteiger partial charge in [-0.05, 0) is 18.2 Å². The Labute approximate surface area is 148 Å². The summed E-state index contributed by atoms with van der Waals surface area (Å²) in [7, 11) is -3.72. The molecule has 2 N–H and O–H groups in total. The van der Waals surface area contributed by atoms with Crippen LogP contribution in [0.25, 0.3) is 0 Å². The van der Waals surface area contributed by atoms with Crippen LogP contribution in [0, 0.1) is 10.1 Å². The highest BCUT2D eigenvalue weighted by Crippen LogP contribution is 2.22. The molecule has 0 aliphatic carbocycles. The number of nitrogens with one attached hydrogen (secondary N) is 2. The third-order valence-electron chi connectivity index (χ3n) is 3.74. The molecule has 0 bridgehead atoms. The average Bonchev–Trinajstić information content (AvgIpc) is 3.13. The van der Waals surface area contributed by atoms with Crippen LogP contribution < -0.4 is 5.32 Å². The summed E-state index contributed by atoms with van der Waals surface area (Å²) in [6.45, 7) is 1.14. The molecule has 1 aliphatic heterocycles. The van der Waals surface area contributed by atoms with Crippen molar-refractivity contribution in [2.45, 2.75) is 4.90 Å². The third-order valence-corrected chi connectivity index (χ3v) is 5.64. The Morgan fingerprint density at radius 3 is 2.77 bits per heavy atom. The Morgan fingerprint density at radius 1 is 1.35 bits per heavy atom. The van der Waals surface area contributed by atoms with Gasteiger partial charge in [0.15, 0.2) is 0 Å². The summed E-state index contributed by atoms with van der Waals surface area (Å²) in [5.74, 6) is -0.796. The van der Waals surface area contributed by atoms with Gasteiger partial charge < -0.3 is 10.1 Å². The molecule has 1 saturated heterocycles. The predicted molar refractivity (Wildman–Crippen MR) is 89.2 cm³/mol. The van der Waals surface area contributed by atoms with E-state index in [2.05, 4.69) is 15.5 Å². The summed E-state index contributed by atoms with van der Waals surface area (Å²) >= 11 is 0. The van der Waals surface area contributed by atoms with Gasteiger partial charge in [0.25, 0.3) is 5.91 Å². The van der Waals surface area contributed by atoms with Gasteiger partial charge in [-0.2, -0.15) is 9.40 Å². The third kappa shape index (κ3) is 3.56. The van der Waals surface area contributed by atoms with Crippen molar-refractivity contribution >= 4 is 27.3 Å². The number of aromatic nitrogens is 2. The molecule has 0 radical (unpaired) electrons. The zero-order chi connectivity index (χ0) is 18.7. The molecular weight excluding hydrogens is 366 g/mol. The molecule has 26 heavy (non-hydrogen) atoms. The number of ether oxygens (including phenoxy) is 1. The Hall–Kier alpha value is -2.83. The zero-order valence-electron chi connectivity index (χ0n) is 13.4. The van der Waals surface area contributed by atoms with Crippen molar-refractivity contribution in [3.8, 4) is 0 Å². The molecule has 12 heteroatoms. The molecule has 11 nitrogen and oxygen atoms in total. The lowest BCUT2D eigenvalue weighted by molar-refractivity contribution is -0.385. The highest BCUT2D eigenvalue weighted by atomic mass is 32.2. The minimum Gasteiger partial charge on any atom is -0.379 e. The Morgan fingerprint density at radius 2 is 2.08 bits per heavy atom. The lowest BCUT2D eigenvalue weighted by Crippen LogP contribution is -2.40. The minimum atomic E-state index is -3.72. The first kappa shape index (κ1) is 18.0. The Bertz CT molecular complexity index is 935. The molecule has 0 spiro atoms. The van der Waals surface area contributed by atoms with Crippen molar-refractivity contribution in [1.82, 2.24) is 14.5 Å². The Kier molecular flexibility index (Phi) is 4.97. The van der Waals surface area contributed by atoms with E-state index in [1.54, 1.807) is 0 Å². The first-order valence-electron chi connectivity index (χ1n) is 7.56. The van der Waals surface area contributed by atoms with Gasteiger partial charge in [0.2, 0.25) is 15.7 Å². The van der Waals surface area contributed by atoms with Crippen LogP contribution in [0.2, 0.25) is 0 Å². The number of hydrogen-bond donors (Lipinski definition) is 2. The number of amides is 1. The summed E-state index contributed by atoms with van der Waals surface area (Å²) in [5.41, 5.74) is -0.607. The van der Waals surface area contributed by atoms with Gasteiger partial charge in [0.05, 0.1) is 23.0 Å². The SMILES string of the molecule is O=C(Nc1cccc(S(=O)(=O)N2CCOCC2)c1)c1[nH]ncc1[N+](=O)[O-]. The fourth-order valence-corrected chi connectivity index (χ4v) is 3.90. The van der Waals surface area contributed by atoms with E-state index in [1.807, 2.05) is 0 Å². The standard InChI is InChI=1S/C14H15N5O6S/c20-14(13-12(19(21)22)9-15-17-13)16-10-2-1-3-11(8-10)26(23,24)18-4-6-25-7-5-18/h1-3,8-9H,4-7H2,(H,15,17)(H,16,20). The second-order valence-electron chi connectivity index (χ2n) is 5.39. The summed E-state index contributed by atoms with van der Waals surface area (Å²) in [6, 6.07) is 5.67. The van der Waals surface area contributed by atoms with Gasteiger partial charge in [0, 0.05) is 18.8 Å². The number of nitro groups is 1. The van der Waals surface area contributed by atoms with E-state index in [0.717, 1.165) is 6.20 Å². The van der Waals surface area contributed by atoms with Crippen molar-refractivity contribution in [1.29, 1.82) is 0 Å². The van der Waals surface area contributed by atoms with E-state index in [9.17, 15) is 23.3 Å². The molecule has 2 heterocycles. The van der Waals surface area contributed by atoms with Crippen molar-refractivity contribution in [3.63, 3.8) is 0 Å². The number of morpholine rings is 1. The molecule has 1 aromatic heterocycles. The predicted octanol–water partition coefficient (Wildman–Crippen LogP) is 0.591. The van der Waals surface area contributed by atoms with Gasteiger partial charge >= 0.3 is 5.69 Å². The maximum absolute atomic E-state index is 12.6. The topological polar surface area (TPSA) is 148 Å². The monoisotopic (exact) mass is 381 g/mol. The van der Waals surface area contributed by atoms with Crippen LogP contribution in [0.15, 0.2) is 35.4 Å². The fourth-order valence-electron chi connectivity index (χ4n) is 2.45. The second-order valence-corrected chi connectivity index (χ2v) is 7.32. The number of carbonyl (C=O) groups is 1. The molecule has 1 amide bonds. The van der Waals surface area contributed by atoms with Crippen LogP contribution in [0.1, 0.15) is 10.5 Å². The summed E-state index contributed by atoms with van der Waals surface area (Å²) in [4.78, 5) is 22.3. The first-order chi connectivity index (χ1) is 12.4. The second kappa shape index (κ2) is 7.19. The number of rotatable bonds is 5. The van der Waals surface area contributed by atoms with Gasteiger partial charge in [-0.3, -0.25) is 20.0 Å². The highest BCUT2D eigenvalue weighted by molar-refractivity contribution is 7.89. The van der Waals surface area contributed by atoms with Crippen LogP contribution >= 0.6 is 0 Å². The lowest BCUT2D eigenvalue weighted by atomic mass is 10.3. The van der Waals surface area contributed by atoms with Gasteiger partial charge in [-0.1, -0.05) is 6.07 Å². The first-order valence-corrected chi connectivity index (χ1v) is 9.00. The van der Waals surface area contributed by atoms with E-state index in [-0.39, 0.29) is 29.4 Å². The number of carbonyl (C=O) groups excluding carboxylic acids is 1. The molecule has 1 fully saturated rings. The number of anilines is 1. The largest absolute Gasteiger partial charge is 0.379 e. The van der Waals surface area contributed by atoms with Gasteiger partial charge in [0.1, 0.15) is 6.20 Å². The normalized spacial score (nSPS) is 15.5. The zero-order valence-corrected chi connectivity index (χ0v) is 14.2. The van der Waals surface area contributed by atoms with Crippen LogP contribution in [0.3, 0.4) is 0 Å².